The lowest BCUT2D eigenvalue weighted by Crippen LogP contribution is -2.39. The van der Waals surface area contributed by atoms with Crippen LogP contribution in [0.4, 0.5) is 11.6 Å². The molecule has 1 aromatic carbocycles. The van der Waals surface area contributed by atoms with E-state index in [2.05, 4.69) is 44.0 Å². The number of hydrogen-bond acceptors (Lipinski definition) is 7. The topological polar surface area (TPSA) is 74.6 Å². The van der Waals surface area contributed by atoms with Crippen molar-refractivity contribution in [1.29, 1.82) is 0 Å². The first-order chi connectivity index (χ1) is 14.3. The first-order valence-corrected chi connectivity index (χ1v) is 10.3. The molecule has 7 nitrogen and oxygen atoms in total. The van der Waals surface area contributed by atoms with Crippen molar-refractivity contribution in [2.45, 2.75) is 31.5 Å². The Morgan fingerprint density at radius 3 is 2.52 bits per heavy atom. The van der Waals surface area contributed by atoms with Crippen molar-refractivity contribution >= 4 is 22.5 Å². The zero-order valence-electron chi connectivity index (χ0n) is 16.3. The number of aliphatic hydroxyl groups excluding tert-OH is 1. The lowest BCUT2D eigenvalue weighted by Gasteiger charge is -2.33. The number of piperidine rings is 1. The quantitative estimate of drug-likeness (QED) is 0.733. The van der Waals surface area contributed by atoms with Gasteiger partial charge in [0.25, 0.3) is 5.88 Å². The molecule has 3 aromatic rings. The molecular weight excluding hydrogens is 366 g/mol. The molecule has 2 aliphatic rings. The molecule has 2 aromatic heterocycles. The lowest BCUT2D eigenvalue weighted by atomic mass is 10.1. The summed E-state index contributed by atoms with van der Waals surface area (Å²) in [5.74, 6) is 2.33. The van der Waals surface area contributed by atoms with Crippen molar-refractivity contribution in [3.63, 3.8) is 0 Å². The van der Waals surface area contributed by atoms with E-state index in [4.69, 9.17) is 9.72 Å². The summed E-state index contributed by atoms with van der Waals surface area (Å²) in [4.78, 5) is 18.1. The summed E-state index contributed by atoms with van der Waals surface area (Å²) in [6.07, 6.45) is 5.73. The van der Waals surface area contributed by atoms with Crippen molar-refractivity contribution in [3.8, 4) is 5.88 Å². The van der Waals surface area contributed by atoms with Gasteiger partial charge in [0.05, 0.1) is 11.6 Å². The van der Waals surface area contributed by atoms with Crippen LogP contribution in [0.3, 0.4) is 0 Å². The molecule has 29 heavy (non-hydrogen) atoms. The number of fused-ring (bicyclic) bond motifs is 1. The predicted octanol–water partition coefficient (Wildman–Crippen LogP) is 2.64. The summed E-state index contributed by atoms with van der Waals surface area (Å²) < 4.78 is 6.24. The number of benzene rings is 1. The van der Waals surface area contributed by atoms with Crippen molar-refractivity contribution in [1.82, 2.24) is 15.0 Å². The summed E-state index contributed by atoms with van der Waals surface area (Å²) in [7, 11) is 0. The molecular formula is C22H25N5O2. The van der Waals surface area contributed by atoms with Crippen LogP contribution >= 0.6 is 0 Å². The van der Waals surface area contributed by atoms with E-state index >= 15 is 0 Å². The Morgan fingerprint density at radius 1 is 0.897 bits per heavy atom. The average molecular weight is 391 g/mol. The van der Waals surface area contributed by atoms with Crippen LogP contribution in [-0.2, 0) is 0 Å². The molecule has 1 atom stereocenters. The first-order valence-electron chi connectivity index (χ1n) is 10.3. The second-order valence-corrected chi connectivity index (χ2v) is 7.74. The number of para-hydroxylation sites is 1. The third-order valence-electron chi connectivity index (χ3n) is 5.74. The fourth-order valence-electron chi connectivity index (χ4n) is 4.14. The highest BCUT2D eigenvalue weighted by atomic mass is 16.5. The summed E-state index contributed by atoms with van der Waals surface area (Å²) >= 11 is 0. The SMILES string of the molecule is O[C@H]1CCN(c2nccnc2OC2CCN(c3ccc4ccccc4n3)CC2)C1. The van der Waals surface area contributed by atoms with Gasteiger partial charge in [-0.25, -0.2) is 15.0 Å². The van der Waals surface area contributed by atoms with Crippen LogP contribution in [0.25, 0.3) is 10.9 Å². The van der Waals surface area contributed by atoms with Crippen LogP contribution < -0.4 is 14.5 Å². The second-order valence-electron chi connectivity index (χ2n) is 7.74. The summed E-state index contributed by atoms with van der Waals surface area (Å²) in [6, 6.07) is 12.4. The predicted molar refractivity (Wildman–Crippen MR) is 112 cm³/mol. The number of hydrogen-bond donors (Lipinski definition) is 1. The Labute approximate surface area is 170 Å². The monoisotopic (exact) mass is 391 g/mol. The van der Waals surface area contributed by atoms with Gasteiger partial charge in [-0.3, -0.25) is 0 Å². The van der Waals surface area contributed by atoms with Crippen LogP contribution in [0.15, 0.2) is 48.8 Å². The third kappa shape index (κ3) is 3.82. The summed E-state index contributed by atoms with van der Waals surface area (Å²) in [6.45, 7) is 3.16. The van der Waals surface area contributed by atoms with Gasteiger partial charge in [-0.2, -0.15) is 0 Å². The number of anilines is 2. The van der Waals surface area contributed by atoms with Gasteiger partial charge in [-0.1, -0.05) is 18.2 Å². The van der Waals surface area contributed by atoms with E-state index in [1.165, 1.54) is 0 Å². The Balaban J connectivity index is 1.24. The zero-order valence-corrected chi connectivity index (χ0v) is 16.3. The van der Waals surface area contributed by atoms with E-state index in [0.29, 0.717) is 12.4 Å². The number of ether oxygens (including phenoxy) is 1. The molecule has 2 saturated heterocycles. The standard InChI is InChI=1S/C22H25N5O2/c28-17-7-12-27(15-17)21-22(24-11-10-23-21)29-18-8-13-26(14-9-18)20-6-5-16-3-1-2-4-19(16)25-20/h1-6,10-11,17-18,28H,7-9,12-15H2/t17-/m0/s1. The maximum absolute atomic E-state index is 9.83. The average Bonchev–Trinajstić information content (AvgIpc) is 3.20. The molecule has 0 unspecified atom stereocenters. The molecule has 7 heteroatoms. The largest absolute Gasteiger partial charge is 0.472 e. The Bertz CT molecular complexity index is 990. The van der Waals surface area contributed by atoms with Gasteiger partial charge in [0, 0.05) is 56.8 Å². The van der Waals surface area contributed by atoms with Crippen LogP contribution in [0, 0.1) is 0 Å². The Kier molecular flexibility index (Phi) is 4.89. The van der Waals surface area contributed by atoms with Gasteiger partial charge in [0.2, 0.25) is 0 Å². The number of aromatic nitrogens is 3. The smallest absolute Gasteiger partial charge is 0.257 e. The number of β-amino-alcohol motifs (C(OH)–C–C–N with tert-alkyl or cyclic N) is 1. The van der Waals surface area contributed by atoms with Crippen molar-refractivity contribution < 1.29 is 9.84 Å². The molecule has 5 rings (SSSR count). The minimum Gasteiger partial charge on any atom is -0.472 e. The number of aliphatic hydroxyl groups is 1. The normalized spacial score (nSPS) is 20.4. The maximum atomic E-state index is 9.83. The van der Waals surface area contributed by atoms with Crippen molar-refractivity contribution in [3.05, 3.63) is 48.8 Å². The molecule has 2 aliphatic heterocycles. The zero-order chi connectivity index (χ0) is 19.6. The van der Waals surface area contributed by atoms with Crippen LogP contribution in [0.2, 0.25) is 0 Å². The van der Waals surface area contributed by atoms with Crippen LogP contribution in [0.1, 0.15) is 19.3 Å². The number of pyridine rings is 1. The van der Waals surface area contributed by atoms with Gasteiger partial charge in [-0.15, -0.1) is 0 Å². The van der Waals surface area contributed by atoms with Gasteiger partial charge >= 0.3 is 0 Å². The fraction of sp³-hybridized carbons (Fsp3) is 0.409. The van der Waals surface area contributed by atoms with E-state index in [-0.39, 0.29) is 12.2 Å². The van der Waals surface area contributed by atoms with Crippen LogP contribution in [-0.4, -0.2) is 58.4 Å². The second kappa shape index (κ2) is 7.83. The van der Waals surface area contributed by atoms with E-state index in [1.807, 2.05) is 12.1 Å². The third-order valence-corrected chi connectivity index (χ3v) is 5.74. The van der Waals surface area contributed by atoms with E-state index in [0.717, 1.165) is 61.4 Å². The molecule has 0 aliphatic carbocycles. The van der Waals surface area contributed by atoms with Crippen molar-refractivity contribution in [2.24, 2.45) is 0 Å². The summed E-state index contributed by atoms with van der Waals surface area (Å²) in [5.41, 5.74) is 1.03. The Morgan fingerprint density at radius 2 is 1.69 bits per heavy atom. The van der Waals surface area contributed by atoms with Gasteiger partial charge in [0.15, 0.2) is 5.82 Å². The fourth-order valence-corrected chi connectivity index (χ4v) is 4.14. The lowest BCUT2D eigenvalue weighted by molar-refractivity contribution is 0.163. The molecule has 0 spiro atoms. The highest BCUT2D eigenvalue weighted by Gasteiger charge is 2.27. The van der Waals surface area contributed by atoms with E-state index in [9.17, 15) is 5.11 Å². The molecule has 0 radical (unpaired) electrons. The van der Waals surface area contributed by atoms with Gasteiger partial charge < -0.3 is 19.6 Å². The first kappa shape index (κ1) is 18.1. The maximum Gasteiger partial charge on any atom is 0.257 e. The van der Waals surface area contributed by atoms with Crippen LogP contribution in [0.5, 0.6) is 5.88 Å². The molecule has 2 fully saturated rings. The highest BCUT2D eigenvalue weighted by Crippen LogP contribution is 2.29. The van der Waals surface area contributed by atoms with Crippen molar-refractivity contribution in [2.75, 3.05) is 36.0 Å². The minimum atomic E-state index is -0.303. The molecule has 1 N–H and O–H groups in total. The van der Waals surface area contributed by atoms with Gasteiger partial charge in [0.1, 0.15) is 11.9 Å². The van der Waals surface area contributed by atoms with Gasteiger partial charge in [-0.05, 0) is 24.6 Å². The number of rotatable bonds is 4. The number of nitrogens with zero attached hydrogens (tertiary/aromatic N) is 5. The molecule has 4 heterocycles. The Hall–Kier alpha value is -2.93. The van der Waals surface area contributed by atoms with E-state index < -0.39 is 0 Å². The molecule has 0 saturated carbocycles. The summed E-state index contributed by atoms with van der Waals surface area (Å²) in [5, 5.41) is 11.0. The van der Waals surface area contributed by atoms with E-state index in [1.54, 1.807) is 12.4 Å². The molecule has 150 valence electrons. The minimum absolute atomic E-state index is 0.106. The molecule has 0 amide bonds. The molecule has 0 bridgehead atoms. The highest BCUT2D eigenvalue weighted by molar-refractivity contribution is 5.80.